The van der Waals surface area contributed by atoms with Crippen LogP contribution in [0.25, 0.3) is 11.0 Å². The summed E-state index contributed by atoms with van der Waals surface area (Å²) in [7, 11) is 0. The number of nitrogens with zero attached hydrogens (tertiary/aromatic N) is 3. The molecule has 6 atom stereocenters. The molecule has 1 saturated carbocycles. The van der Waals surface area contributed by atoms with Crippen molar-refractivity contribution in [3.8, 4) is 0 Å². The number of para-hydroxylation sites is 2. The highest BCUT2D eigenvalue weighted by Crippen LogP contribution is 2.61. The van der Waals surface area contributed by atoms with E-state index in [-0.39, 0.29) is 11.7 Å². The average molecular weight is 464 g/mol. The van der Waals surface area contributed by atoms with Gasteiger partial charge in [-0.1, -0.05) is 38.8 Å². The van der Waals surface area contributed by atoms with Crippen molar-refractivity contribution in [1.82, 2.24) is 14.5 Å². The van der Waals surface area contributed by atoms with Gasteiger partial charge in [0, 0.05) is 23.7 Å². The van der Waals surface area contributed by atoms with Gasteiger partial charge in [-0.15, -0.1) is 0 Å². The molecule has 4 heterocycles. The Bertz CT molecular complexity index is 1160. The highest BCUT2D eigenvalue weighted by Gasteiger charge is 2.63. The van der Waals surface area contributed by atoms with Crippen LogP contribution in [0.2, 0.25) is 0 Å². The standard InChI is InChI=1S/C28H37N3O3/c1-3-17-11-18(4-2)13-19(12-17)28-10-9-20-14-21(15-22(16-28)31(20)28)30-24-8-6-5-7-23(24)29-25(26(30)32)27(33)34/h5-8,17-22H,3-4,9-16H2,1-2H3,(H,33,34). The number of hydrogen-bond acceptors (Lipinski definition) is 4. The van der Waals surface area contributed by atoms with Gasteiger partial charge in [-0.3, -0.25) is 9.69 Å². The molecule has 0 amide bonds. The van der Waals surface area contributed by atoms with Crippen molar-refractivity contribution in [3.05, 3.63) is 40.3 Å². The largest absolute Gasteiger partial charge is 0.476 e. The molecular formula is C28H37N3O3. The zero-order valence-electron chi connectivity index (χ0n) is 20.4. The molecule has 6 unspecified atom stereocenters. The highest BCUT2D eigenvalue weighted by molar-refractivity contribution is 5.88. The van der Waals surface area contributed by atoms with Gasteiger partial charge < -0.3 is 9.67 Å². The maximum Gasteiger partial charge on any atom is 0.360 e. The fourth-order valence-corrected chi connectivity index (χ4v) is 8.58. The smallest absolute Gasteiger partial charge is 0.360 e. The normalized spacial score (nSPS) is 37.4. The predicted octanol–water partition coefficient (Wildman–Crippen LogP) is 5.26. The third-order valence-corrected chi connectivity index (χ3v) is 10.1. The van der Waals surface area contributed by atoms with Crippen LogP contribution < -0.4 is 5.56 Å². The van der Waals surface area contributed by atoms with E-state index in [1.807, 2.05) is 24.3 Å². The second-order valence-corrected chi connectivity index (χ2v) is 11.6. The number of aromatic nitrogens is 2. The topological polar surface area (TPSA) is 75.4 Å². The first-order valence-electron chi connectivity index (χ1n) is 13.5. The zero-order chi connectivity index (χ0) is 23.6. The second kappa shape index (κ2) is 8.18. The molecule has 0 spiro atoms. The molecule has 6 heteroatoms. The molecule has 0 radical (unpaired) electrons. The fraction of sp³-hybridized carbons (Fsp3) is 0.679. The summed E-state index contributed by atoms with van der Waals surface area (Å²) >= 11 is 0. The number of fused-ring (bicyclic) bond motifs is 1. The molecule has 3 aliphatic heterocycles. The van der Waals surface area contributed by atoms with E-state index >= 15 is 0 Å². The first-order valence-corrected chi connectivity index (χ1v) is 13.5. The Labute approximate surface area is 201 Å². The Morgan fingerprint density at radius 1 is 1.03 bits per heavy atom. The van der Waals surface area contributed by atoms with Crippen LogP contribution in [0, 0.1) is 17.8 Å². The summed E-state index contributed by atoms with van der Waals surface area (Å²) in [5, 5.41) is 9.64. The van der Waals surface area contributed by atoms with E-state index in [0.29, 0.717) is 23.1 Å². The average Bonchev–Trinajstić information content (AvgIpc) is 3.18. The van der Waals surface area contributed by atoms with Gasteiger partial charge in [0.05, 0.1) is 11.0 Å². The molecule has 1 aromatic carbocycles. The van der Waals surface area contributed by atoms with Gasteiger partial charge in [0.15, 0.2) is 0 Å². The van der Waals surface area contributed by atoms with Gasteiger partial charge >= 0.3 is 5.97 Å². The van der Waals surface area contributed by atoms with Crippen LogP contribution in [0.1, 0.15) is 94.6 Å². The summed E-state index contributed by atoms with van der Waals surface area (Å²) in [5.74, 6) is 1.34. The van der Waals surface area contributed by atoms with E-state index < -0.39 is 11.5 Å². The molecule has 1 aliphatic carbocycles. The lowest BCUT2D eigenvalue weighted by atomic mass is 9.59. The lowest BCUT2D eigenvalue weighted by molar-refractivity contribution is -0.142. The van der Waals surface area contributed by atoms with Crippen LogP contribution >= 0.6 is 0 Å². The summed E-state index contributed by atoms with van der Waals surface area (Å²) in [6, 6.07) is 8.56. The molecule has 2 aromatic rings. The molecular weight excluding hydrogens is 426 g/mol. The van der Waals surface area contributed by atoms with Crippen molar-refractivity contribution in [2.24, 2.45) is 17.8 Å². The van der Waals surface area contributed by atoms with Gasteiger partial charge in [-0.25, -0.2) is 9.78 Å². The Morgan fingerprint density at radius 3 is 2.44 bits per heavy atom. The third-order valence-electron chi connectivity index (χ3n) is 10.1. The molecule has 6 nitrogen and oxygen atoms in total. The highest BCUT2D eigenvalue weighted by atomic mass is 16.4. The fourth-order valence-electron chi connectivity index (χ4n) is 8.58. The minimum Gasteiger partial charge on any atom is -0.476 e. The van der Waals surface area contributed by atoms with Crippen molar-refractivity contribution in [1.29, 1.82) is 0 Å². The van der Waals surface area contributed by atoms with Crippen molar-refractivity contribution in [3.63, 3.8) is 0 Å². The summed E-state index contributed by atoms with van der Waals surface area (Å²) < 4.78 is 1.78. The Morgan fingerprint density at radius 2 is 1.74 bits per heavy atom. The van der Waals surface area contributed by atoms with Gasteiger partial charge in [0.1, 0.15) is 0 Å². The quantitative estimate of drug-likeness (QED) is 0.655. The zero-order valence-corrected chi connectivity index (χ0v) is 20.4. The number of aromatic carboxylic acids is 1. The van der Waals surface area contributed by atoms with E-state index in [9.17, 15) is 14.7 Å². The minimum atomic E-state index is -1.24. The molecule has 4 fully saturated rings. The summed E-state index contributed by atoms with van der Waals surface area (Å²) in [6.07, 6.45) is 12.4. The van der Waals surface area contributed by atoms with Crippen molar-refractivity contribution < 1.29 is 9.90 Å². The van der Waals surface area contributed by atoms with Gasteiger partial charge in [0.2, 0.25) is 5.69 Å². The summed E-state index contributed by atoms with van der Waals surface area (Å²) in [6.45, 7) is 4.73. The van der Waals surface area contributed by atoms with Crippen LogP contribution in [-0.2, 0) is 0 Å². The summed E-state index contributed by atoms with van der Waals surface area (Å²) in [5.41, 5.74) is 0.947. The van der Waals surface area contributed by atoms with E-state index in [2.05, 4.69) is 23.7 Å². The maximum absolute atomic E-state index is 13.3. The van der Waals surface area contributed by atoms with E-state index in [0.717, 1.165) is 36.1 Å². The van der Waals surface area contributed by atoms with Crippen molar-refractivity contribution in [2.75, 3.05) is 0 Å². The van der Waals surface area contributed by atoms with E-state index in [4.69, 9.17) is 0 Å². The number of hydrogen-bond donors (Lipinski definition) is 1. The lowest BCUT2D eigenvalue weighted by Gasteiger charge is -2.64. The predicted molar refractivity (Wildman–Crippen MR) is 132 cm³/mol. The lowest BCUT2D eigenvalue weighted by Crippen LogP contribution is -2.70. The van der Waals surface area contributed by atoms with Gasteiger partial charge in [-0.05, 0) is 81.3 Å². The number of benzene rings is 1. The number of rotatable bonds is 5. The maximum atomic E-state index is 13.3. The SMILES string of the molecule is CCC1CC(CC)CC(C23CCC4CC(n5c(=O)c(C(=O)O)nc6ccccc65)CC(C2)N43)C1. The minimum absolute atomic E-state index is 0.0407. The molecule has 1 aromatic heterocycles. The first-order chi connectivity index (χ1) is 16.4. The number of carboxylic acid groups (broad SMARTS) is 1. The monoisotopic (exact) mass is 463 g/mol. The van der Waals surface area contributed by atoms with Crippen LogP contribution in [0.15, 0.2) is 29.1 Å². The Hall–Kier alpha value is -2.21. The molecule has 0 bridgehead atoms. The molecule has 6 rings (SSSR count). The Balaban J connectivity index is 1.31. The number of carboxylic acids is 1. The first kappa shape index (κ1) is 22.3. The molecule has 182 valence electrons. The molecule has 3 saturated heterocycles. The van der Waals surface area contributed by atoms with Gasteiger partial charge in [0.25, 0.3) is 5.56 Å². The Kier molecular flexibility index (Phi) is 5.36. The molecule has 1 N–H and O–H groups in total. The number of piperidine rings is 1. The number of carbonyl (C=O) groups is 1. The van der Waals surface area contributed by atoms with Crippen molar-refractivity contribution >= 4 is 17.0 Å². The summed E-state index contributed by atoms with van der Waals surface area (Å²) in [4.78, 5) is 32.1. The van der Waals surface area contributed by atoms with Crippen molar-refractivity contribution in [2.45, 2.75) is 102 Å². The van der Waals surface area contributed by atoms with Crippen LogP contribution in [-0.4, -0.2) is 43.1 Å². The van der Waals surface area contributed by atoms with Crippen LogP contribution in [0.3, 0.4) is 0 Å². The van der Waals surface area contributed by atoms with Crippen LogP contribution in [0.4, 0.5) is 0 Å². The van der Waals surface area contributed by atoms with E-state index in [1.165, 1.54) is 51.4 Å². The van der Waals surface area contributed by atoms with E-state index in [1.54, 1.807) is 4.57 Å². The van der Waals surface area contributed by atoms with Crippen LogP contribution in [0.5, 0.6) is 0 Å². The molecule has 34 heavy (non-hydrogen) atoms. The van der Waals surface area contributed by atoms with Gasteiger partial charge in [-0.2, -0.15) is 0 Å². The third kappa shape index (κ3) is 3.20. The second-order valence-electron chi connectivity index (χ2n) is 11.6. The molecule has 4 aliphatic rings.